The van der Waals surface area contributed by atoms with Crippen molar-refractivity contribution in [3.8, 4) is 11.5 Å². The molecule has 0 unspecified atom stereocenters. The van der Waals surface area contributed by atoms with Gasteiger partial charge in [0.1, 0.15) is 11.5 Å². The molecule has 3 rings (SSSR count). The van der Waals surface area contributed by atoms with E-state index >= 15 is 0 Å². The summed E-state index contributed by atoms with van der Waals surface area (Å²) in [7, 11) is 1.66. The molecule has 0 atom stereocenters. The van der Waals surface area contributed by atoms with Crippen molar-refractivity contribution in [2.75, 3.05) is 7.11 Å². The molecule has 2 aromatic carbocycles. The van der Waals surface area contributed by atoms with Gasteiger partial charge in [0.2, 0.25) is 0 Å². The van der Waals surface area contributed by atoms with Crippen LogP contribution in [0.2, 0.25) is 0 Å². The summed E-state index contributed by atoms with van der Waals surface area (Å²) in [5.41, 5.74) is 2.28. The van der Waals surface area contributed by atoms with E-state index in [9.17, 15) is 0 Å². The van der Waals surface area contributed by atoms with E-state index in [-0.39, 0.29) is 6.61 Å². The van der Waals surface area contributed by atoms with Crippen LogP contribution >= 0.6 is 11.8 Å². The van der Waals surface area contributed by atoms with Gasteiger partial charge in [-0.2, -0.15) is 0 Å². The summed E-state index contributed by atoms with van der Waals surface area (Å²) in [6, 6.07) is 15.8. The van der Waals surface area contributed by atoms with Gasteiger partial charge in [0.15, 0.2) is 6.61 Å². The van der Waals surface area contributed by atoms with E-state index in [2.05, 4.69) is 10.2 Å². The zero-order valence-corrected chi connectivity index (χ0v) is 14.4. The Kier molecular flexibility index (Phi) is 5.38. The second-order valence-electron chi connectivity index (χ2n) is 5.21. The van der Waals surface area contributed by atoms with E-state index in [1.165, 1.54) is 11.8 Å². The first-order valence-electron chi connectivity index (χ1n) is 7.50. The van der Waals surface area contributed by atoms with Gasteiger partial charge in [-0.05, 0) is 42.3 Å². The number of nitrogens with zero attached hydrogens (tertiary/aromatic N) is 2. The zero-order chi connectivity index (χ0) is 16.8. The Hall–Kier alpha value is -2.47. The minimum Gasteiger partial charge on any atom is -0.497 e. The highest BCUT2D eigenvalue weighted by molar-refractivity contribution is 7.98. The molecule has 0 saturated heterocycles. The van der Waals surface area contributed by atoms with Gasteiger partial charge in [-0.15, -0.1) is 10.2 Å². The van der Waals surface area contributed by atoms with E-state index in [1.54, 1.807) is 7.11 Å². The number of hydrogen-bond donors (Lipinski definition) is 0. The van der Waals surface area contributed by atoms with Crippen LogP contribution in [0.5, 0.6) is 11.5 Å². The van der Waals surface area contributed by atoms with Crippen molar-refractivity contribution in [3.63, 3.8) is 0 Å². The number of ether oxygens (including phenoxy) is 2. The van der Waals surface area contributed by atoms with Gasteiger partial charge < -0.3 is 13.9 Å². The molecule has 0 aliphatic rings. The summed E-state index contributed by atoms with van der Waals surface area (Å²) in [6.07, 6.45) is 0. The van der Waals surface area contributed by atoms with Crippen LogP contribution < -0.4 is 9.47 Å². The molecule has 0 aliphatic heterocycles. The molecule has 0 saturated carbocycles. The minimum absolute atomic E-state index is 0.260. The highest BCUT2D eigenvalue weighted by atomic mass is 32.2. The molecule has 1 aromatic heterocycles. The number of aromatic nitrogens is 2. The van der Waals surface area contributed by atoms with Crippen LogP contribution in [0, 0.1) is 6.92 Å². The average Bonchev–Trinajstić information content (AvgIpc) is 3.06. The molecular formula is C18H18N2O3S. The average molecular weight is 342 g/mol. The van der Waals surface area contributed by atoms with Gasteiger partial charge in [0.05, 0.1) is 7.11 Å². The molecule has 0 fully saturated rings. The van der Waals surface area contributed by atoms with Crippen molar-refractivity contribution in [2.45, 2.75) is 24.5 Å². The van der Waals surface area contributed by atoms with Crippen LogP contribution in [0.1, 0.15) is 17.0 Å². The van der Waals surface area contributed by atoms with Crippen LogP contribution in [0.3, 0.4) is 0 Å². The molecule has 24 heavy (non-hydrogen) atoms. The quantitative estimate of drug-likeness (QED) is 0.598. The van der Waals surface area contributed by atoms with E-state index in [0.717, 1.165) is 28.4 Å². The normalized spacial score (nSPS) is 10.6. The fourth-order valence-corrected chi connectivity index (χ4v) is 2.84. The smallest absolute Gasteiger partial charge is 0.277 e. The maximum absolute atomic E-state index is 5.66. The molecule has 1 heterocycles. The number of thioether (sulfide) groups is 1. The maximum Gasteiger partial charge on any atom is 0.277 e. The van der Waals surface area contributed by atoms with Crippen LogP contribution in [-0.4, -0.2) is 17.3 Å². The molecule has 124 valence electrons. The van der Waals surface area contributed by atoms with Crippen molar-refractivity contribution < 1.29 is 13.9 Å². The third-order valence-electron chi connectivity index (χ3n) is 3.30. The lowest BCUT2D eigenvalue weighted by Gasteiger charge is -2.03. The molecule has 5 nitrogen and oxygen atoms in total. The van der Waals surface area contributed by atoms with Gasteiger partial charge in [-0.3, -0.25) is 0 Å². The molecule has 6 heteroatoms. The fraction of sp³-hybridized carbons (Fsp3) is 0.222. The van der Waals surface area contributed by atoms with Gasteiger partial charge in [-0.1, -0.05) is 36.0 Å². The standard InChI is InChI=1S/C18H18N2O3S/c1-13-5-3-8-16(9-13)22-11-17-19-20-18(23-17)24-12-14-6-4-7-15(10-14)21-2/h3-10H,11-12H2,1-2H3. The largest absolute Gasteiger partial charge is 0.497 e. The summed E-state index contributed by atoms with van der Waals surface area (Å²) >= 11 is 1.49. The lowest BCUT2D eigenvalue weighted by atomic mass is 10.2. The Bertz CT molecular complexity index is 804. The molecule has 0 spiro atoms. The number of methoxy groups -OCH3 is 1. The van der Waals surface area contributed by atoms with Gasteiger partial charge in [-0.25, -0.2) is 0 Å². The predicted octanol–water partition coefficient (Wildman–Crippen LogP) is 4.26. The first-order chi connectivity index (χ1) is 11.7. The van der Waals surface area contributed by atoms with Crippen LogP contribution in [0.4, 0.5) is 0 Å². The van der Waals surface area contributed by atoms with Crippen molar-refractivity contribution in [1.82, 2.24) is 10.2 Å². The molecule has 0 N–H and O–H groups in total. The summed E-state index contributed by atoms with van der Waals surface area (Å²) in [5, 5.41) is 8.58. The highest BCUT2D eigenvalue weighted by Gasteiger charge is 2.08. The van der Waals surface area contributed by atoms with Crippen LogP contribution in [0.15, 0.2) is 58.2 Å². The van der Waals surface area contributed by atoms with E-state index in [1.807, 2.05) is 55.5 Å². The minimum atomic E-state index is 0.260. The van der Waals surface area contributed by atoms with Gasteiger partial charge in [0.25, 0.3) is 11.1 Å². The monoisotopic (exact) mass is 342 g/mol. The van der Waals surface area contributed by atoms with Crippen molar-refractivity contribution in [1.29, 1.82) is 0 Å². The maximum atomic E-state index is 5.66. The Balaban J connectivity index is 1.53. The van der Waals surface area contributed by atoms with Crippen molar-refractivity contribution in [3.05, 3.63) is 65.5 Å². The number of hydrogen-bond acceptors (Lipinski definition) is 6. The zero-order valence-electron chi connectivity index (χ0n) is 13.6. The van der Waals surface area contributed by atoms with Crippen LogP contribution in [-0.2, 0) is 12.4 Å². The van der Waals surface area contributed by atoms with Gasteiger partial charge in [0, 0.05) is 5.75 Å². The number of rotatable bonds is 7. The SMILES string of the molecule is COc1cccc(CSc2nnc(COc3cccc(C)c3)o2)c1. The van der Waals surface area contributed by atoms with Crippen LogP contribution in [0.25, 0.3) is 0 Å². The molecular weight excluding hydrogens is 324 g/mol. The van der Waals surface area contributed by atoms with E-state index in [0.29, 0.717) is 11.1 Å². The van der Waals surface area contributed by atoms with E-state index in [4.69, 9.17) is 13.9 Å². The Morgan fingerprint density at radius 1 is 1.04 bits per heavy atom. The third-order valence-corrected chi connectivity index (χ3v) is 4.19. The summed E-state index contributed by atoms with van der Waals surface area (Å²) in [4.78, 5) is 0. The van der Waals surface area contributed by atoms with Crippen molar-refractivity contribution >= 4 is 11.8 Å². The second kappa shape index (κ2) is 7.88. The predicted molar refractivity (Wildman–Crippen MR) is 92.4 cm³/mol. The molecule has 0 aliphatic carbocycles. The summed E-state index contributed by atoms with van der Waals surface area (Å²) in [6.45, 7) is 2.28. The number of benzene rings is 2. The van der Waals surface area contributed by atoms with Gasteiger partial charge >= 0.3 is 0 Å². The Morgan fingerprint density at radius 2 is 1.88 bits per heavy atom. The first-order valence-corrected chi connectivity index (χ1v) is 8.49. The summed E-state index contributed by atoms with van der Waals surface area (Å²) < 4.78 is 16.5. The Morgan fingerprint density at radius 3 is 2.71 bits per heavy atom. The molecule has 0 amide bonds. The lowest BCUT2D eigenvalue weighted by molar-refractivity contribution is 0.252. The van der Waals surface area contributed by atoms with Crippen molar-refractivity contribution in [2.24, 2.45) is 0 Å². The first kappa shape index (κ1) is 16.4. The van der Waals surface area contributed by atoms with E-state index < -0.39 is 0 Å². The second-order valence-corrected chi connectivity index (χ2v) is 6.13. The fourth-order valence-electron chi connectivity index (χ4n) is 2.11. The topological polar surface area (TPSA) is 57.4 Å². The lowest BCUT2D eigenvalue weighted by Crippen LogP contribution is -1.95. The highest BCUT2D eigenvalue weighted by Crippen LogP contribution is 2.24. The molecule has 3 aromatic rings. The summed E-state index contributed by atoms with van der Waals surface area (Å²) in [5.74, 6) is 2.83. The Labute approximate surface area is 145 Å². The molecule has 0 radical (unpaired) electrons. The molecule has 0 bridgehead atoms. The number of aryl methyl sites for hydroxylation is 1. The third kappa shape index (κ3) is 4.52.